The Morgan fingerprint density at radius 3 is 2.88 bits per heavy atom. The first kappa shape index (κ1) is 17.3. The lowest BCUT2D eigenvalue weighted by atomic mass is 10.0. The SMILES string of the molecule is Cc1ccc(C(C)C)cc1OCC(=O)NC1CCOc2ccccc21. The van der Waals surface area contributed by atoms with Crippen LogP contribution in [-0.2, 0) is 4.79 Å². The number of hydrogen-bond donors (Lipinski definition) is 1. The van der Waals surface area contributed by atoms with Crippen LogP contribution in [0, 0.1) is 6.92 Å². The average Bonchev–Trinajstić information content (AvgIpc) is 2.61. The fraction of sp³-hybridized carbons (Fsp3) is 0.381. The van der Waals surface area contributed by atoms with Crippen LogP contribution in [0.2, 0.25) is 0 Å². The molecule has 1 aliphatic rings. The third-order valence-electron chi connectivity index (χ3n) is 4.53. The number of carbonyl (C=O) groups excluding carboxylic acids is 1. The first-order chi connectivity index (χ1) is 12.0. The predicted molar refractivity (Wildman–Crippen MR) is 98.2 cm³/mol. The zero-order valence-electron chi connectivity index (χ0n) is 15.0. The van der Waals surface area contributed by atoms with E-state index in [2.05, 4.69) is 25.2 Å². The van der Waals surface area contributed by atoms with Gasteiger partial charge in [0.05, 0.1) is 12.6 Å². The largest absolute Gasteiger partial charge is 0.493 e. The molecule has 0 saturated carbocycles. The smallest absolute Gasteiger partial charge is 0.258 e. The van der Waals surface area contributed by atoms with Gasteiger partial charge in [0.25, 0.3) is 5.91 Å². The number of ether oxygens (including phenoxy) is 2. The number of nitrogens with one attached hydrogen (secondary N) is 1. The van der Waals surface area contributed by atoms with Gasteiger partial charge in [0, 0.05) is 12.0 Å². The van der Waals surface area contributed by atoms with Gasteiger partial charge in [-0.3, -0.25) is 4.79 Å². The van der Waals surface area contributed by atoms with Crippen molar-refractivity contribution in [1.29, 1.82) is 0 Å². The Hall–Kier alpha value is -2.49. The molecule has 1 aliphatic heterocycles. The molecule has 25 heavy (non-hydrogen) atoms. The van der Waals surface area contributed by atoms with Crippen molar-refractivity contribution in [3.63, 3.8) is 0 Å². The molecule has 0 saturated heterocycles. The van der Waals surface area contributed by atoms with Crippen LogP contribution < -0.4 is 14.8 Å². The second-order valence-corrected chi connectivity index (χ2v) is 6.76. The van der Waals surface area contributed by atoms with Crippen molar-refractivity contribution in [3.8, 4) is 11.5 Å². The van der Waals surface area contributed by atoms with Gasteiger partial charge in [-0.2, -0.15) is 0 Å². The van der Waals surface area contributed by atoms with Crippen LogP contribution in [0.5, 0.6) is 11.5 Å². The summed E-state index contributed by atoms with van der Waals surface area (Å²) in [6.45, 7) is 6.90. The molecule has 132 valence electrons. The van der Waals surface area contributed by atoms with Crippen molar-refractivity contribution in [2.75, 3.05) is 13.2 Å². The first-order valence-electron chi connectivity index (χ1n) is 8.79. The van der Waals surface area contributed by atoms with Gasteiger partial charge in [0.1, 0.15) is 11.5 Å². The molecule has 1 atom stereocenters. The van der Waals surface area contributed by atoms with Crippen LogP contribution in [-0.4, -0.2) is 19.1 Å². The average molecular weight is 339 g/mol. The van der Waals surface area contributed by atoms with Crippen LogP contribution in [0.25, 0.3) is 0 Å². The van der Waals surface area contributed by atoms with Crippen LogP contribution in [0.4, 0.5) is 0 Å². The summed E-state index contributed by atoms with van der Waals surface area (Å²) in [6.07, 6.45) is 0.768. The number of aryl methyl sites for hydroxylation is 1. The molecular formula is C21H25NO3. The molecule has 3 rings (SSSR count). The van der Waals surface area contributed by atoms with Gasteiger partial charge >= 0.3 is 0 Å². The summed E-state index contributed by atoms with van der Waals surface area (Å²) in [6, 6.07) is 14.0. The number of amides is 1. The summed E-state index contributed by atoms with van der Waals surface area (Å²) in [5, 5.41) is 3.06. The van der Waals surface area contributed by atoms with Gasteiger partial charge in [-0.15, -0.1) is 0 Å². The fourth-order valence-corrected chi connectivity index (χ4v) is 3.00. The normalized spacial score (nSPS) is 16.1. The Kier molecular flexibility index (Phi) is 5.27. The molecule has 0 aromatic heterocycles. The van der Waals surface area contributed by atoms with Gasteiger partial charge in [-0.1, -0.05) is 44.2 Å². The summed E-state index contributed by atoms with van der Waals surface area (Å²) in [4.78, 5) is 12.3. The fourth-order valence-electron chi connectivity index (χ4n) is 3.00. The summed E-state index contributed by atoms with van der Waals surface area (Å²) in [7, 11) is 0. The number of hydrogen-bond acceptors (Lipinski definition) is 3. The number of fused-ring (bicyclic) bond motifs is 1. The van der Waals surface area contributed by atoms with E-state index in [0.717, 1.165) is 29.0 Å². The van der Waals surface area contributed by atoms with Gasteiger partial charge in [0.2, 0.25) is 0 Å². The van der Waals surface area contributed by atoms with Crippen molar-refractivity contribution in [1.82, 2.24) is 5.32 Å². The van der Waals surface area contributed by atoms with E-state index in [-0.39, 0.29) is 18.6 Å². The molecule has 1 N–H and O–H groups in total. The molecule has 1 amide bonds. The molecule has 1 unspecified atom stereocenters. The maximum atomic E-state index is 12.3. The zero-order valence-corrected chi connectivity index (χ0v) is 15.0. The van der Waals surface area contributed by atoms with Crippen LogP contribution in [0.1, 0.15) is 48.9 Å². The molecule has 0 bridgehead atoms. The van der Waals surface area contributed by atoms with E-state index >= 15 is 0 Å². The second kappa shape index (κ2) is 7.60. The molecule has 2 aromatic rings. The van der Waals surface area contributed by atoms with Gasteiger partial charge < -0.3 is 14.8 Å². The van der Waals surface area contributed by atoms with Crippen molar-refractivity contribution in [3.05, 3.63) is 59.2 Å². The van der Waals surface area contributed by atoms with Crippen LogP contribution in [0.15, 0.2) is 42.5 Å². The maximum Gasteiger partial charge on any atom is 0.258 e. The Morgan fingerprint density at radius 1 is 1.28 bits per heavy atom. The van der Waals surface area contributed by atoms with Crippen LogP contribution >= 0.6 is 0 Å². The third-order valence-corrected chi connectivity index (χ3v) is 4.53. The van der Waals surface area contributed by atoms with E-state index in [0.29, 0.717) is 12.5 Å². The highest BCUT2D eigenvalue weighted by molar-refractivity contribution is 5.78. The highest BCUT2D eigenvalue weighted by Gasteiger charge is 2.22. The molecule has 0 aliphatic carbocycles. The molecule has 1 heterocycles. The Bertz CT molecular complexity index is 755. The first-order valence-corrected chi connectivity index (χ1v) is 8.79. The van der Waals surface area contributed by atoms with Crippen molar-refractivity contribution in [2.45, 2.75) is 39.2 Å². The van der Waals surface area contributed by atoms with E-state index in [1.807, 2.05) is 43.3 Å². The third kappa shape index (κ3) is 4.13. The number of benzene rings is 2. The number of para-hydroxylation sites is 1. The summed E-state index contributed by atoms with van der Waals surface area (Å²) < 4.78 is 11.4. The van der Waals surface area contributed by atoms with Gasteiger partial charge in [-0.25, -0.2) is 0 Å². The Labute approximate surface area is 149 Å². The van der Waals surface area contributed by atoms with Gasteiger partial charge in [0.15, 0.2) is 6.61 Å². The van der Waals surface area contributed by atoms with Crippen molar-refractivity contribution >= 4 is 5.91 Å². The Balaban J connectivity index is 1.62. The van der Waals surface area contributed by atoms with E-state index in [4.69, 9.17) is 9.47 Å². The minimum absolute atomic E-state index is 0.0158. The molecular weight excluding hydrogens is 314 g/mol. The summed E-state index contributed by atoms with van der Waals surface area (Å²) >= 11 is 0. The minimum Gasteiger partial charge on any atom is -0.493 e. The monoisotopic (exact) mass is 339 g/mol. The number of rotatable bonds is 5. The molecule has 2 aromatic carbocycles. The van der Waals surface area contributed by atoms with Crippen molar-refractivity contribution < 1.29 is 14.3 Å². The van der Waals surface area contributed by atoms with E-state index < -0.39 is 0 Å². The van der Waals surface area contributed by atoms with Gasteiger partial charge in [-0.05, 0) is 36.1 Å². The molecule has 4 nitrogen and oxygen atoms in total. The van der Waals surface area contributed by atoms with Crippen LogP contribution in [0.3, 0.4) is 0 Å². The maximum absolute atomic E-state index is 12.3. The van der Waals surface area contributed by atoms with E-state index in [1.54, 1.807) is 0 Å². The Morgan fingerprint density at radius 2 is 2.08 bits per heavy atom. The van der Waals surface area contributed by atoms with E-state index in [1.165, 1.54) is 5.56 Å². The lowest BCUT2D eigenvalue weighted by Gasteiger charge is -2.26. The summed E-state index contributed by atoms with van der Waals surface area (Å²) in [5.41, 5.74) is 3.27. The second-order valence-electron chi connectivity index (χ2n) is 6.76. The topological polar surface area (TPSA) is 47.6 Å². The molecule has 0 fully saturated rings. The van der Waals surface area contributed by atoms with E-state index in [9.17, 15) is 4.79 Å². The van der Waals surface area contributed by atoms with Crippen molar-refractivity contribution in [2.24, 2.45) is 0 Å². The minimum atomic E-state index is -0.115. The quantitative estimate of drug-likeness (QED) is 0.891. The lowest BCUT2D eigenvalue weighted by molar-refractivity contribution is -0.124. The summed E-state index contributed by atoms with van der Waals surface area (Å²) in [5.74, 6) is 1.93. The highest BCUT2D eigenvalue weighted by atomic mass is 16.5. The molecule has 0 radical (unpaired) electrons. The highest BCUT2D eigenvalue weighted by Crippen LogP contribution is 2.31. The zero-order chi connectivity index (χ0) is 17.8. The molecule has 0 spiro atoms. The molecule has 4 heteroatoms. The lowest BCUT2D eigenvalue weighted by Crippen LogP contribution is -2.35. The predicted octanol–water partition coefficient (Wildman–Crippen LogP) is 4.14. The standard InChI is InChI=1S/C21H25NO3/c1-14(2)16-9-8-15(3)20(12-16)25-13-21(23)22-18-10-11-24-19-7-5-4-6-17(18)19/h4-9,12,14,18H,10-11,13H2,1-3H3,(H,22,23). The number of carbonyl (C=O) groups is 1.